The minimum Gasteiger partial charge on any atom is -0.493 e. The molecular formula is C36H40N2O6. The fraction of sp³-hybridized carbons (Fsp3) is 0.278. The fourth-order valence-corrected chi connectivity index (χ4v) is 4.81. The van der Waals surface area contributed by atoms with Crippen molar-refractivity contribution in [2.75, 3.05) is 27.3 Å². The van der Waals surface area contributed by atoms with Crippen molar-refractivity contribution in [2.45, 2.75) is 39.1 Å². The Balaban J connectivity index is 1.55. The summed E-state index contributed by atoms with van der Waals surface area (Å²) < 4.78 is 22.9. The number of methoxy groups -OCH3 is 2. The van der Waals surface area contributed by atoms with Gasteiger partial charge >= 0.3 is 0 Å². The summed E-state index contributed by atoms with van der Waals surface area (Å²) in [5.41, 5.74) is 1.94. The average Bonchev–Trinajstić information content (AvgIpc) is 3.06. The van der Waals surface area contributed by atoms with Gasteiger partial charge in [0.2, 0.25) is 0 Å². The van der Waals surface area contributed by atoms with Crippen LogP contribution < -0.4 is 18.9 Å². The second-order valence-electron chi connectivity index (χ2n) is 10.3. The standard InChI is InChI=1S/C36H40N2O6/c1-27(43-33-21-13-11-19-31(33)41-3)35(39)37(25-29-15-7-5-8-16-29)23-24-38(26-30-17-9-6-10-18-30)36(40)28(2)44-34-22-14-12-20-32(34)42-4/h5-22,27-28H,23-26H2,1-4H3. The largest absolute Gasteiger partial charge is 0.493 e. The number of nitrogens with zero attached hydrogens (tertiary/aromatic N) is 2. The van der Waals surface area contributed by atoms with E-state index in [9.17, 15) is 9.59 Å². The first kappa shape index (κ1) is 31.9. The maximum absolute atomic E-state index is 13.9. The van der Waals surface area contributed by atoms with Crippen LogP contribution in [0.1, 0.15) is 25.0 Å². The lowest BCUT2D eigenvalue weighted by atomic mass is 10.1. The molecule has 0 aromatic heterocycles. The van der Waals surface area contributed by atoms with Crippen molar-refractivity contribution >= 4 is 11.8 Å². The molecule has 230 valence electrons. The zero-order valence-corrected chi connectivity index (χ0v) is 25.7. The Hall–Kier alpha value is -4.98. The number of hydrogen-bond donors (Lipinski definition) is 0. The second kappa shape index (κ2) is 16.0. The summed E-state index contributed by atoms with van der Waals surface area (Å²) in [6.07, 6.45) is -1.58. The van der Waals surface area contributed by atoms with E-state index in [1.54, 1.807) is 62.1 Å². The molecule has 4 aromatic carbocycles. The Morgan fingerprint density at radius 2 is 0.841 bits per heavy atom. The van der Waals surface area contributed by atoms with Gasteiger partial charge in [-0.2, -0.15) is 0 Å². The van der Waals surface area contributed by atoms with Crippen molar-refractivity contribution < 1.29 is 28.5 Å². The van der Waals surface area contributed by atoms with Crippen LogP contribution in [0.4, 0.5) is 0 Å². The van der Waals surface area contributed by atoms with Gasteiger partial charge in [0, 0.05) is 26.2 Å². The van der Waals surface area contributed by atoms with Gasteiger partial charge in [-0.15, -0.1) is 0 Å². The zero-order chi connectivity index (χ0) is 31.3. The monoisotopic (exact) mass is 596 g/mol. The smallest absolute Gasteiger partial charge is 0.263 e. The van der Waals surface area contributed by atoms with E-state index in [2.05, 4.69) is 0 Å². The first-order valence-electron chi connectivity index (χ1n) is 14.6. The van der Waals surface area contributed by atoms with Gasteiger partial charge < -0.3 is 28.7 Å². The minimum absolute atomic E-state index is 0.204. The molecule has 2 unspecified atom stereocenters. The van der Waals surface area contributed by atoms with E-state index in [1.165, 1.54) is 0 Å². The van der Waals surface area contributed by atoms with Crippen molar-refractivity contribution in [1.82, 2.24) is 9.80 Å². The highest BCUT2D eigenvalue weighted by Gasteiger charge is 2.27. The third-order valence-corrected chi connectivity index (χ3v) is 7.14. The van der Waals surface area contributed by atoms with Crippen LogP contribution in [0.25, 0.3) is 0 Å². The van der Waals surface area contributed by atoms with Crippen LogP contribution in [0, 0.1) is 0 Å². The molecule has 2 atom stereocenters. The van der Waals surface area contributed by atoms with Crippen molar-refractivity contribution in [1.29, 1.82) is 0 Å². The lowest BCUT2D eigenvalue weighted by Gasteiger charge is -2.31. The third-order valence-electron chi connectivity index (χ3n) is 7.14. The first-order valence-corrected chi connectivity index (χ1v) is 14.6. The van der Waals surface area contributed by atoms with Crippen LogP contribution in [0.2, 0.25) is 0 Å². The normalized spacial score (nSPS) is 12.0. The van der Waals surface area contributed by atoms with E-state index in [0.29, 0.717) is 36.1 Å². The molecule has 8 heteroatoms. The number of ether oxygens (including phenoxy) is 4. The van der Waals surface area contributed by atoms with Gasteiger partial charge in [0.25, 0.3) is 11.8 Å². The average molecular weight is 597 g/mol. The predicted octanol–water partition coefficient (Wildman–Crippen LogP) is 6.00. The summed E-state index contributed by atoms with van der Waals surface area (Å²) in [6.45, 7) is 4.74. The number of amides is 2. The summed E-state index contributed by atoms with van der Waals surface area (Å²) in [6, 6.07) is 34.0. The second-order valence-corrected chi connectivity index (χ2v) is 10.3. The molecule has 2 amide bonds. The van der Waals surface area contributed by atoms with Gasteiger partial charge in [-0.1, -0.05) is 84.9 Å². The molecule has 0 bridgehead atoms. The van der Waals surface area contributed by atoms with Crippen molar-refractivity contribution in [3.8, 4) is 23.0 Å². The zero-order valence-electron chi connectivity index (χ0n) is 25.7. The van der Waals surface area contributed by atoms with Gasteiger partial charge in [-0.3, -0.25) is 9.59 Å². The van der Waals surface area contributed by atoms with Gasteiger partial charge in [0.05, 0.1) is 14.2 Å². The molecule has 4 aromatic rings. The Bertz CT molecular complexity index is 1370. The van der Waals surface area contributed by atoms with Crippen molar-refractivity contribution in [3.63, 3.8) is 0 Å². The molecule has 0 spiro atoms. The molecular weight excluding hydrogens is 556 g/mol. The number of benzene rings is 4. The van der Waals surface area contributed by atoms with Crippen LogP contribution in [0.15, 0.2) is 109 Å². The molecule has 0 aliphatic rings. The number of carbonyl (C=O) groups excluding carboxylic acids is 2. The Morgan fingerprint density at radius 3 is 1.18 bits per heavy atom. The predicted molar refractivity (Wildman–Crippen MR) is 170 cm³/mol. The van der Waals surface area contributed by atoms with Gasteiger partial charge in [0.1, 0.15) is 0 Å². The summed E-state index contributed by atoms with van der Waals surface area (Å²) in [7, 11) is 3.13. The molecule has 44 heavy (non-hydrogen) atoms. The lowest BCUT2D eigenvalue weighted by Crippen LogP contribution is -2.47. The van der Waals surface area contributed by atoms with Crippen LogP contribution in [0.5, 0.6) is 23.0 Å². The molecule has 0 saturated carbocycles. The number of para-hydroxylation sites is 4. The Labute approximate surface area is 259 Å². The highest BCUT2D eigenvalue weighted by Crippen LogP contribution is 2.28. The van der Waals surface area contributed by atoms with E-state index in [4.69, 9.17) is 18.9 Å². The van der Waals surface area contributed by atoms with E-state index in [0.717, 1.165) is 11.1 Å². The molecule has 0 saturated heterocycles. The number of hydrogen-bond acceptors (Lipinski definition) is 6. The van der Waals surface area contributed by atoms with Crippen molar-refractivity contribution in [2.24, 2.45) is 0 Å². The quantitative estimate of drug-likeness (QED) is 0.168. The summed E-state index contributed by atoms with van der Waals surface area (Å²) >= 11 is 0. The molecule has 4 rings (SSSR count). The summed E-state index contributed by atoms with van der Waals surface area (Å²) in [5, 5.41) is 0. The number of carbonyl (C=O) groups is 2. The van der Waals surface area contributed by atoms with E-state index >= 15 is 0 Å². The highest BCUT2D eigenvalue weighted by atomic mass is 16.5. The molecule has 0 N–H and O–H groups in total. The fourth-order valence-electron chi connectivity index (χ4n) is 4.81. The van der Waals surface area contributed by atoms with Crippen LogP contribution >= 0.6 is 0 Å². The maximum atomic E-state index is 13.9. The third kappa shape index (κ3) is 8.77. The van der Waals surface area contributed by atoms with Crippen LogP contribution in [-0.4, -0.2) is 61.1 Å². The summed E-state index contributed by atoms with van der Waals surface area (Å²) in [4.78, 5) is 31.2. The van der Waals surface area contributed by atoms with Gasteiger partial charge in [-0.25, -0.2) is 0 Å². The Morgan fingerprint density at radius 1 is 0.523 bits per heavy atom. The molecule has 0 aliphatic heterocycles. The highest BCUT2D eigenvalue weighted by molar-refractivity contribution is 5.82. The molecule has 0 radical (unpaired) electrons. The molecule has 8 nitrogen and oxygen atoms in total. The van der Waals surface area contributed by atoms with Gasteiger partial charge in [-0.05, 0) is 49.2 Å². The lowest BCUT2D eigenvalue weighted by molar-refractivity contribution is -0.142. The number of rotatable bonds is 15. The first-order chi connectivity index (χ1) is 21.4. The van der Waals surface area contributed by atoms with E-state index in [1.807, 2.05) is 84.9 Å². The van der Waals surface area contributed by atoms with Gasteiger partial charge in [0.15, 0.2) is 35.2 Å². The van der Waals surface area contributed by atoms with Crippen LogP contribution in [0.3, 0.4) is 0 Å². The topological polar surface area (TPSA) is 77.5 Å². The maximum Gasteiger partial charge on any atom is 0.263 e. The molecule has 0 heterocycles. The molecule has 0 aliphatic carbocycles. The minimum atomic E-state index is -0.791. The van der Waals surface area contributed by atoms with Crippen LogP contribution in [-0.2, 0) is 22.7 Å². The summed E-state index contributed by atoms with van der Waals surface area (Å²) in [5.74, 6) is 1.66. The molecule has 0 fully saturated rings. The van der Waals surface area contributed by atoms with Crippen molar-refractivity contribution in [3.05, 3.63) is 120 Å². The Kier molecular flexibility index (Phi) is 11.6. The van der Waals surface area contributed by atoms with E-state index < -0.39 is 12.2 Å². The SMILES string of the molecule is COc1ccccc1OC(C)C(=O)N(CCN(Cc1ccccc1)C(=O)C(C)Oc1ccccc1OC)Cc1ccccc1. The van der Waals surface area contributed by atoms with E-state index in [-0.39, 0.29) is 24.9 Å².